The van der Waals surface area contributed by atoms with Crippen molar-refractivity contribution in [1.29, 1.82) is 0 Å². The van der Waals surface area contributed by atoms with E-state index >= 15 is 0 Å². The zero-order chi connectivity index (χ0) is 19.1. The zero-order valence-corrected chi connectivity index (χ0v) is 15.5. The van der Waals surface area contributed by atoms with Crippen LogP contribution in [-0.4, -0.2) is 34.5 Å². The summed E-state index contributed by atoms with van der Waals surface area (Å²) in [6.07, 6.45) is 4.77. The Morgan fingerprint density at radius 3 is 2.89 bits per heavy atom. The number of benzene rings is 1. The lowest BCUT2D eigenvalue weighted by Gasteiger charge is -2.19. The van der Waals surface area contributed by atoms with Gasteiger partial charge in [-0.1, -0.05) is 18.2 Å². The number of hydrogen-bond donors (Lipinski definition) is 2. The number of nitrogens with zero attached hydrogens (tertiary/aromatic N) is 6. The van der Waals surface area contributed by atoms with Crippen LogP contribution in [0.1, 0.15) is 37.5 Å². The van der Waals surface area contributed by atoms with Gasteiger partial charge in [-0.3, -0.25) is 9.78 Å². The third-order valence-electron chi connectivity index (χ3n) is 5.07. The Labute approximate surface area is 160 Å². The number of aromatic amines is 1. The van der Waals surface area contributed by atoms with Gasteiger partial charge in [0.05, 0.1) is 17.9 Å². The van der Waals surface area contributed by atoms with Crippen molar-refractivity contribution < 1.29 is 0 Å². The van der Waals surface area contributed by atoms with Crippen LogP contribution in [0.25, 0.3) is 16.7 Å². The van der Waals surface area contributed by atoms with E-state index in [2.05, 4.69) is 35.1 Å². The highest BCUT2D eigenvalue weighted by Crippen LogP contribution is 2.21. The number of anilines is 1. The molecule has 0 saturated heterocycles. The monoisotopic (exact) mass is 376 g/mol. The Morgan fingerprint density at radius 1 is 1.18 bits per heavy atom. The van der Waals surface area contributed by atoms with Crippen molar-refractivity contribution in [3.63, 3.8) is 0 Å². The van der Waals surface area contributed by atoms with E-state index in [4.69, 9.17) is 0 Å². The molecule has 0 amide bonds. The van der Waals surface area contributed by atoms with Crippen molar-refractivity contribution in [1.82, 2.24) is 34.5 Å². The summed E-state index contributed by atoms with van der Waals surface area (Å²) in [7, 11) is 0. The van der Waals surface area contributed by atoms with Crippen molar-refractivity contribution in [3.05, 3.63) is 58.5 Å². The van der Waals surface area contributed by atoms with Crippen molar-refractivity contribution in [2.75, 3.05) is 5.32 Å². The topological polar surface area (TPSA) is 106 Å². The molecule has 0 spiro atoms. The van der Waals surface area contributed by atoms with Crippen LogP contribution in [0, 0.1) is 0 Å². The van der Waals surface area contributed by atoms with E-state index in [0.717, 1.165) is 43.1 Å². The highest BCUT2D eigenvalue weighted by Gasteiger charge is 2.21. The smallest absolute Gasteiger partial charge is 0.263 e. The van der Waals surface area contributed by atoms with Crippen LogP contribution in [0.5, 0.6) is 0 Å². The molecular formula is C19H20N8O. The molecule has 1 aliphatic heterocycles. The molecule has 1 atom stereocenters. The number of para-hydroxylation sites is 1. The fraction of sp³-hybridized carbons (Fsp3) is 0.316. The maximum atomic E-state index is 12.5. The van der Waals surface area contributed by atoms with Crippen LogP contribution in [0.15, 0.2) is 41.3 Å². The van der Waals surface area contributed by atoms with Gasteiger partial charge in [0, 0.05) is 13.0 Å². The maximum absolute atomic E-state index is 12.5. The maximum Gasteiger partial charge on any atom is 0.263 e. The molecule has 0 aliphatic carbocycles. The summed E-state index contributed by atoms with van der Waals surface area (Å²) in [5, 5.41) is 16.7. The quantitative estimate of drug-likeness (QED) is 0.566. The zero-order valence-electron chi connectivity index (χ0n) is 15.5. The van der Waals surface area contributed by atoms with E-state index < -0.39 is 0 Å². The van der Waals surface area contributed by atoms with E-state index in [-0.39, 0.29) is 11.6 Å². The second kappa shape index (κ2) is 6.59. The molecule has 28 heavy (non-hydrogen) atoms. The van der Waals surface area contributed by atoms with E-state index in [1.807, 2.05) is 37.3 Å². The number of nitrogens with one attached hydrogen (secondary N) is 2. The molecule has 9 heteroatoms. The van der Waals surface area contributed by atoms with Gasteiger partial charge in [-0.25, -0.2) is 4.68 Å². The van der Waals surface area contributed by atoms with E-state index in [9.17, 15) is 4.79 Å². The molecule has 3 aromatic heterocycles. The first kappa shape index (κ1) is 16.7. The minimum Gasteiger partial charge on any atom is -0.346 e. The lowest BCUT2D eigenvalue weighted by molar-refractivity contribution is 0.500. The van der Waals surface area contributed by atoms with Gasteiger partial charge >= 0.3 is 0 Å². The van der Waals surface area contributed by atoms with Gasteiger partial charge in [0.2, 0.25) is 5.95 Å². The van der Waals surface area contributed by atoms with Crippen LogP contribution >= 0.6 is 0 Å². The fourth-order valence-corrected chi connectivity index (χ4v) is 3.67. The van der Waals surface area contributed by atoms with Gasteiger partial charge in [-0.2, -0.15) is 10.1 Å². The van der Waals surface area contributed by atoms with Crippen LogP contribution in [0.4, 0.5) is 5.95 Å². The summed E-state index contributed by atoms with van der Waals surface area (Å²) in [5.74, 6) is 2.26. The highest BCUT2D eigenvalue weighted by molar-refractivity contribution is 5.76. The lowest BCUT2D eigenvalue weighted by Crippen LogP contribution is -2.20. The molecule has 0 bridgehead atoms. The Kier molecular flexibility index (Phi) is 3.92. The molecular weight excluding hydrogens is 356 g/mol. The van der Waals surface area contributed by atoms with Crippen LogP contribution in [0.3, 0.4) is 0 Å². The third-order valence-corrected chi connectivity index (χ3v) is 5.07. The molecule has 142 valence electrons. The summed E-state index contributed by atoms with van der Waals surface area (Å²) >= 11 is 0. The van der Waals surface area contributed by atoms with Gasteiger partial charge in [0.25, 0.3) is 5.56 Å². The number of aromatic nitrogens is 7. The van der Waals surface area contributed by atoms with Crippen molar-refractivity contribution in [2.24, 2.45) is 0 Å². The van der Waals surface area contributed by atoms with Gasteiger partial charge in [0.15, 0.2) is 11.5 Å². The van der Waals surface area contributed by atoms with Crippen molar-refractivity contribution in [3.8, 4) is 5.69 Å². The third kappa shape index (κ3) is 2.75. The SMILES string of the molecule is CC(Nc1nc2c(cnn2-c2ccccc2)c(=O)[nH]1)c1nnc2n1CCCC2. The molecule has 0 saturated carbocycles. The average Bonchev–Trinajstić information content (AvgIpc) is 3.33. The number of fused-ring (bicyclic) bond motifs is 2. The Morgan fingerprint density at radius 2 is 2.04 bits per heavy atom. The number of hydrogen-bond acceptors (Lipinski definition) is 6. The Hall–Kier alpha value is -3.49. The molecule has 4 aromatic rings. The van der Waals surface area contributed by atoms with Gasteiger partial charge in [-0.15, -0.1) is 10.2 Å². The van der Waals surface area contributed by atoms with Crippen LogP contribution < -0.4 is 10.9 Å². The molecule has 1 aliphatic rings. The normalized spacial score (nSPS) is 14.8. The Balaban J connectivity index is 1.51. The average molecular weight is 376 g/mol. The molecule has 4 heterocycles. The van der Waals surface area contributed by atoms with Crippen LogP contribution in [-0.2, 0) is 13.0 Å². The van der Waals surface area contributed by atoms with E-state index in [1.165, 1.54) is 6.20 Å². The standard InChI is InChI=1S/C19H20N8O/c1-12(16-25-24-15-9-5-6-10-26(15)16)21-19-22-17-14(18(28)23-19)11-20-27(17)13-7-3-2-4-8-13/h2-4,7-8,11-12H,5-6,9-10H2,1H3,(H2,21,22,23,28). The van der Waals surface area contributed by atoms with Gasteiger partial charge in [-0.05, 0) is 31.9 Å². The number of aryl methyl sites for hydroxylation is 1. The Bertz CT molecular complexity index is 1190. The van der Waals surface area contributed by atoms with Gasteiger partial charge < -0.3 is 9.88 Å². The summed E-state index contributed by atoms with van der Waals surface area (Å²) in [4.78, 5) is 19.9. The summed E-state index contributed by atoms with van der Waals surface area (Å²) < 4.78 is 3.82. The summed E-state index contributed by atoms with van der Waals surface area (Å²) in [5.41, 5.74) is 1.12. The number of rotatable bonds is 4. The minimum atomic E-state index is -0.231. The second-order valence-electron chi connectivity index (χ2n) is 6.99. The predicted octanol–water partition coefficient (Wildman–Crippen LogP) is 2.21. The first-order valence-electron chi connectivity index (χ1n) is 9.43. The summed E-state index contributed by atoms with van der Waals surface area (Å²) in [6.45, 7) is 2.91. The lowest BCUT2D eigenvalue weighted by atomic mass is 10.1. The first-order chi connectivity index (χ1) is 13.7. The highest BCUT2D eigenvalue weighted by atomic mass is 16.1. The molecule has 5 rings (SSSR count). The van der Waals surface area contributed by atoms with Gasteiger partial charge in [0.1, 0.15) is 11.2 Å². The van der Waals surface area contributed by atoms with Crippen molar-refractivity contribution in [2.45, 2.75) is 38.8 Å². The first-order valence-corrected chi connectivity index (χ1v) is 9.43. The largest absolute Gasteiger partial charge is 0.346 e. The van der Waals surface area contributed by atoms with Crippen LogP contribution in [0.2, 0.25) is 0 Å². The molecule has 0 fully saturated rings. The summed E-state index contributed by atoms with van der Waals surface area (Å²) in [6, 6.07) is 9.48. The molecule has 0 radical (unpaired) electrons. The van der Waals surface area contributed by atoms with Crippen molar-refractivity contribution >= 4 is 17.0 Å². The molecule has 2 N–H and O–H groups in total. The second-order valence-corrected chi connectivity index (χ2v) is 6.99. The number of H-pyrrole nitrogens is 1. The molecule has 1 aromatic carbocycles. The molecule has 1 unspecified atom stereocenters. The predicted molar refractivity (Wildman–Crippen MR) is 104 cm³/mol. The molecule has 9 nitrogen and oxygen atoms in total. The van der Waals surface area contributed by atoms with E-state index in [1.54, 1.807) is 4.68 Å². The fourth-order valence-electron chi connectivity index (χ4n) is 3.67. The minimum absolute atomic E-state index is 0.145. The van der Waals surface area contributed by atoms with E-state index in [0.29, 0.717) is 17.0 Å².